The summed E-state index contributed by atoms with van der Waals surface area (Å²) >= 11 is 0. The Balaban J connectivity index is 1.39. The van der Waals surface area contributed by atoms with Crippen molar-refractivity contribution in [3.05, 3.63) is 59.7 Å². The molecule has 3 aliphatic rings. The molecule has 2 saturated heterocycles. The Hall–Kier alpha value is -2.86. The minimum atomic E-state index is -1.21. The number of likely N-dealkylation sites (N-methyl/N-ethyl adjacent to an activating group) is 1. The minimum absolute atomic E-state index is 0.0411. The molecule has 6 heteroatoms. The van der Waals surface area contributed by atoms with Crippen molar-refractivity contribution in [1.29, 1.82) is 0 Å². The standard InChI is InChI=1S/C26H30N2O4/c1-2-28(26(24(29)30)14-16-27-15-8-7-13-23(26)27)25(31)32-17-22-20-11-5-3-9-18(20)19-10-4-6-12-21(19)22/h3-6,9-12,22-23H,2,7-8,13-17H2,1H3,(H,29,30). The smallest absolute Gasteiger partial charge is 0.410 e. The van der Waals surface area contributed by atoms with Gasteiger partial charge in [0.15, 0.2) is 5.54 Å². The lowest BCUT2D eigenvalue weighted by Gasteiger charge is -2.43. The summed E-state index contributed by atoms with van der Waals surface area (Å²) in [6.07, 6.45) is 2.82. The first-order valence-corrected chi connectivity index (χ1v) is 11.7. The van der Waals surface area contributed by atoms with Gasteiger partial charge in [-0.3, -0.25) is 9.80 Å². The van der Waals surface area contributed by atoms with E-state index in [-0.39, 0.29) is 18.6 Å². The van der Waals surface area contributed by atoms with E-state index in [4.69, 9.17) is 4.74 Å². The molecule has 2 aromatic carbocycles. The number of rotatable bonds is 5. The number of hydrogen-bond acceptors (Lipinski definition) is 4. The zero-order valence-corrected chi connectivity index (χ0v) is 18.5. The number of nitrogens with zero attached hydrogens (tertiary/aromatic N) is 2. The van der Waals surface area contributed by atoms with Gasteiger partial charge in [-0.2, -0.15) is 0 Å². The lowest BCUT2D eigenvalue weighted by molar-refractivity contribution is -0.153. The minimum Gasteiger partial charge on any atom is -0.479 e. The van der Waals surface area contributed by atoms with Crippen LogP contribution in [0.2, 0.25) is 0 Å². The maximum absolute atomic E-state index is 13.3. The Bertz CT molecular complexity index is 992. The molecular weight excluding hydrogens is 404 g/mol. The maximum Gasteiger partial charge on any atom is 0.410 e. The predicted molar refractivity (Wildman–Crippen MR) is 122 cm³/mol. The number of benzene rings is 2. The molecular formula is C26H30N2O4. The third kappa shape index (κ3) is 3.12. The Morgan fingerprint density at radius 1 is 1.06 bits per heavy atom. The molecule has 1 aliphatic carbocycles. The molecule has 0 bridgehead atoms. The predicted octanol–water partition coefficient (Wildman–Crippen LogP) is 4.34. The summed E-state index contributed by atoms with van der Waals surface area (Å²) in [6, 6.07) is 16.3. The quantitative estimate of drug-likeness (QED) is 0.758. The van der Waals surface area contributed by atoms with Gasteiger partial charge in [-0.05, 0) is 55.0 Å². The van der Waals surface area contributed by atoms with Crippen LogP contribution in [0.1, 0.15) is 49.7 Å². The van der Waals surface area contributed by atoms with Gasteiger partial charge in [-0.25, -0.2) is 9.59 Å². The monoisotopic (exact) mass is 434 g/mol. The third-order valence-electron chi connectivity index (χ3n) is 7.67. The number of hydrogen-bond donors (Lipinski definition) is 1. The van der Waals surface area contributed by atoms with Crippen LogP contribution in [-0.4, -0.2) is 64.8 Å². The van der Waals surface area contributed by atoms with E-state index < -0.39 is 17.6 Å². The van der Waals surface area contributed by atoms with Crippen LogP contribution in [0.25, 0.3) is 11.1 Å². The Morgan fingerprint density at radius 3 is 2.34 bits per heavy atom. The van der Waals surface area contributed by atoms with Crippen LogP contribution in [0, 0.1) is 0 Å². The van der Waals surface area contributed by atoms with Crippen LogP contribution in [0.4, 0.5) is 4.79 Å². The van der Waals surface area contributed by atoms with Crippen molar-refractivity contribution in [3.8, 4) is 11.1 Å². The van der Waals surface area contributed by atoms with Gasteiger partial charge < -0.3 is 9.84 Å². The highest BCUT2D eigenvalue weighted by Crippen LogP contribution is 2.45. The SMILES string of the molecule is CCN(C(=O)OCC1c2ccccc2-c2ccccc21)C1(C(=O)O)CCN2CCCCC21. The number of fused-ring (bicyclic) bond motifs is 4. The molecule has 0 saturated carbocycles. The first-order valence-electron chi connectivity index (χ1n) is 11.7. The summed E-state index contributed by atoms with van der Waals surface area (Å²) in [7, 11) is 0. The highest BCUT2D eigenvalue weighted by atomic mass is 16.6. The van der Waals surface area contributed by atoms with Crippen molar-refractivity contribution >= 4 is 12.1 Å². The van der Waals surface area contributed by atoms with E-state index in [1.165, 1.54) is 16.0 Å². The fourth-order valence-electron chi connectivity index (χ4n) is 6.21. The van der Waals surface area contributed by atoms with Crippen LogP contribution in [0.3, 0.4) is 0 Å². The summed E-state index contributed by atoms with van der Waals surface area (Å²) < 4.78 is 5.87. The van der Waals surface area contributed by atoms with Gasteiger partial charge in [0.2, 0.25) is 0 Å². The Kier molecular flexibility index (Phi) is 5.41. The average Bonchev–Trinajstić information content (AvgIpc) is 3.36. The van der Waals surface area contributed by atoms with E-state index in [1.54, 1.807) is 0 Å². The van der Waals surface area contributed by atoms with Crippen molar-refractivity contribution in [2.24, 2.45) is 0 Å². The topological polar surface area (TPSA) is 70.1 Å². The number of carbonyl (C=O) groups excluding carboxylic acids is 1. The molecule has 168 valence electrons. The molecule has 0 spiro atoms. The molecule has 0 radical (unpaired) electrons. The Labute approximate surface area is 188 Å². The van der Waals surface area contributed by atoms with Crippen LogP contribution >= 0.6 is 0 Å². The van der Waals surface area contributed by atoms with E-state index in [0.29, 0.717) is 19.5 Å². The number of ether oxygens (including phenoxy) is 1. The first kappa shape index (κ1) is 21.0. The molecule has 1 N–H and O–H groups in total. The summed E-state index contributed by atoms with van der Waals surface area (Å²) in [5, 5.41) is 10.3. The van der Waals surface area contributed by atoms with Gasteiger partial charge in [0.1, 0.15) is 6.61 Å². The number of amides is 1. The summed E-state index contributed by atoms with van der Waals surface area (Å²) in [5.41, 5.74) is 3.44. The first-order chi connectivity index (χ1) is 15.6. The summed E-state index contributed by atoms with van der Waals surface area (Å²) in [5.74, 6) is -0.956. The number of piperidine rings is 1. The fraction of sp³-hybridized carbons (Fsp3) is 0.462. The van der Waals surface area contributed by atoms with Crippen LogP contribution in [-0.2, 0) is 9.53 Å². The molecule has 2 heterocycles. The zero-order valence-electron chi connectivity index (χ0n) is 18.5. The highest BCUT2D eigenvalue weighted by molar-refractivity contribution is 5.86. The van der Waals surface area contributed by atoms with Gasteiger partial charge in [-0.1, -0.05) is 55.0 Å². The number of carboxylic acids is 1. The molecule has 2 unspecified atom stereocenters. The molecule has 1 amide bonds. The lowest BCUT2D eigenvalue weighted by atomic mass is 9.84. The highest BCUT2D eigenvalue weighted by Gasteiger charge is 2.58. The second kappa shape index (κ2) is 8.24. The second-order valence-corrected chi connectivity index (χ2v) is 9.08. The van der Waals surface area contributed by atoms with Crippen molar-refractivity contribution in [3.63, 3.8) is 0 Å². The van der Waals surface area contributed by atoms with Gasteiger partial charge in [0.25, 0.3) is 0 Å². The van der Waals surface area contributed by atoms with Crippen molar-refractivity contribution in [1.82, 2.24) is 9.80 Å². The fourth-order valence-corrected chi connectivity index (χ4v) is 6.21. The second-order valence-electron chi connectivity index (χ2n) is 9.08. The van der Waals surface area contributed by atoms with Crippen LogP contribution in [0.15, 0.2) is 48.5 Å². The summed E-state index contributed by atoms with van der Waals surface area (Å²) in [4.78, 5) is 29.7. The molecule has 2 aliphatic heterocycles. The van der Waals surface area contributed by atoms with Gasteiger partial charge in [0, 0.05) is 25.0 Å². The number of aliphatic carboxylic acids is 1. The van der Waals surface area contributed by atoms with Gasteiger partial charge >= 0.3 is 12.1 Å². The van der Waals surface area contributed by atoms with Crippen LogP contribution < -0.4 is 0 Å². The maximum atomic E-state index is 13.3. The van der Waals surface area contributed by atoms with Crippen molar-refractivity contribution < 1.29 is 19.4 Å². The van der Waals surface area contributed by atoms with Crippen LogP contribution in [0.5, 0.6) is 0 Å². The van der Waals surface area contributed by atoms with Crippen molar-refractivity contribution in [2.45, 2.75) is 50.1 Å². The number of carboxylic acid groups (broad SMARTS) is 1. The van der Waals surface area contributed by atoms with Crippen molar-refractivity contribution in [2.75, 3.05) is 26.2 Å². The molecule has 2 fully saturated rings. The molecule has 32 heavy (non-hydrogen) atoms. The molecule has 5 rings (SSSR count). The zero-order chi connectivity index (χ0) is 22.3. The van der Waals surface area contributed by atoms with Gasteiger partial charge in [-0.15, -0.1) is 0 Å². The third-order valence-corrected chi connectivity index (χ3v) is 7.67. The molecule has 6 nitrogen and oxygen atoms in total. The number of carbonyl (C=O) groups is 2. The Morgan fingerprint density at radius 2 is 1.72 bits per heavy atom. The molecule has 2 aromatic rings. The van der Waals surface area contributed by atoms with E-state index >= 15 is 0 Å². The normalized spacial score (nSPS) is 24.5. The molecule has 0 aromatic heterocycles. The van der Waals surface area contributed by atoms with E-state index in [2.05, 4.69) is 29.2 Å². The average molecular weight is 435 g/mol. The molecule has 2 atom stereocenters. The van der Waals surface area contributed by atoms with E-state index in [1.807, 2.05) is 31.2 Å². The van der Waals surface area contributed by atoms with E-state index in [9.17, 15) is 14.7 Å². The largest absolute Gasteiger partial charge is 0.479 e. The lowest BCUT2D eigenvalue weighted by Crippen LogP contribution is -2.64. The van der Waals surface area contributed by atoms with E-state index in [0.717, 1.165) is 36.9 Å². The van der Waals surface area contributed by atoms with Gasteiger partial charge in [0.05, 0.1) is 0 Å². The summed E-state index contributed by atoms with van der Waals surface area (Å²) in [6.45, 7) is 3.98.